The van der Waals surface area contributed by atoms with Crippen LogP contribution in [0.5, 0.6) is 0 Å². The zero-order valence-corrected chi connectivity index (χ0v) is 18.5. The SMILES string of the molecule is CCCCCCCc1ccc(C2CCC(C(=O)OSc3ccccc3)CC2)cc1. The second-order valence-electron chi connectivity index (χ2n) is 8.25. The van der Waals surface area contributed by atoms with Gasteiger partial charge in [0.05, 0.1) is 18.0 Å². The zero-order valence-electron chi connectivity index (χ0n) is 17.6. The van der Waals surface area contributed by atoms with E-state index in [2.05, 4.69) is 31.2 Å². The summed E-state index contributed by atoms with van der Waals surface area (Å²) in [5.74, 6) is 0.569. The molecule has 0 aromatic heterocycles. The molecule has 0 atom stereocenters. The number of hydrogen-bond donors (Lipinski definition) is 0. The zero-order chi connectivity index (χ0) is 20.3. The van der Waals surface area contributed by atoms with Gasteiger partial charge in [-0.3, -0.25) is 4.79 Å². The summed E-state index contributed by atoms with van der Waals surface area (Å²) in [6, 6.07) is 19.1. The molecular weight excluding hydrogens is 376 g/mol. The van der Waals surface area contributed by atoms with E-state index in [1.807, 2.05) is 30.3 Å². The maximum atomic E-state index is 12.4. The van der Waals surface area contributed by atoms with Crippen molar-refractivity contribution < 1.29 is 8.98 Å². The summed E-state index contributed by atoms with van der Waals surface area (Å²) < 4.78 is 5.46. The molecule has 2 aromatic carbocycles. The second-order valence-corrected chi connectivity index (χ2v) is 9.06. The molecule has 0 spiro atoms. The van der Waals surface area contributed by atoms with Crippen molar-refractivity contribution in [3.05, 3.63) is 65.7 Å². The molecule has 0 heterocycles. The first kappa shape index (κ1) is 22.0. The predicted octanol–water partition coefficient (Wildman–Crippen LogP) is 7.72. The van der Waals surface area contributed by atoms with Gasteiger partial charge >= 0.3 is 5.97 Å². The third kappa shape index (κ3) is 7.22. The van der Waals surface area contributed by atoms with Crippen LogP contribution in [0.2, 0.25) is 0 Å². The molecule has 0 saturated heterocycles. The molecular formula is C26H34O2S. The number of carbonyl (C=O) groups excluding carboxylic acids is 1. The molecule has 0 N–H and O–H groups in total. The van der Waals surface area contributed by atoms with Gasteiger partial charge < -0.3 is 4.18 Å². The van der Waals surface area contributed by atoms with Crippen LogP contribution in [0.25, 0.3) is 0 Å². The Bertz CT molecular complexity index is 718. The van der Waals surface area contributed by atoms with Crippen LogP contribution in [0.3, 0.4) is 0 Å². The van der Waals surface area contributed by atoms with Gasteiger partial charge in [-0.1, -0.05) is 75.1 Å². The van der Waals surface area contributed by atoms with Gasteiger partial charge in [0.1, 0.15) is 0 Å². The Balaban J connectivity index is 1.39. The Kier molecular flexibility index (Phi) is 9.14. The Morgan fingerprint density at radius 2 is 1.59 bits per heavy atom. The van der Waals surface area contributed by atoms with Crippen LogP contribution in [0, 0.1) is 5.92 Å². The minimum atomic E-state index is -0.0595. The third-order valence-corrected chi connectivity index (χ3v) is 6.76. The van der Waals surface area contributed by atoms with Crippen molar-refractivity contribution >= 4 is 18.0 Å². The molecule has 29 heavy (non-hydrogen) atoms. The second kappa shape index (κ2) is 12.1. The van der Waals surface area contributed by atoms with Crippen LogP contribution in [0.15, 0.2) is 59.5 Å². The van der Waals surface area contributed by atoms with E-state index in [1.165, 1.54) is 61.7 Å². The van der Waals surface area contributed by atoms with Crippen LogP contribution in [-0.2, 0) is 15.4 Å². The highest BCUT2D eigenvalue weighted by atomic mass is 32.2. The van der Waals surface area contributed by atoms with Gasteiger partial charge in [-0.05, 0) is 67.7 Å². The normalized spacial score (nSPS) is 19.1. The Hall–Kier alpha value is -1.74. The fourth-order valence-corrected chi connectivity index (χ4v) is 4.77. The average Bonchev–Trinajstić information content (AvgIpc) is 2.78. The van der Waals surface area contributed by atoms with Gasteiger partial charge in [0.25, 0.3) is 0 Å². The quantitative estimate of drug-likeness (QED) is 0.296. The van der Waals surface area contributed by atoms with E-state index in [9.17, 15) is 4.79 Å². The lowest BCUT2D eigenvalue weighted by Gasteiger charge is -2.27. The highest BCUT2D eigenvalue weighted by Crippen LogP contribution is 2.37. The molecule has 0 unspecified atom stereocenters. The van der Waals surface area contributed by atoms with Crippen LogP contribution in [0.4, 0.5) is 0 Å². The molecule has 0 bridgehead atoms. The summed E-state index contributed by atoms with van der Waals surface area (Å²) >= 11 is 1.18. The number of rotatable bonds is 10. The van der Waals surface area contributed by atoms with Crippen LogP contribution in [-0.4, -0.2) is 5.97 Å². The lowest BCUT2D eigenvalue weighted by Crippen LogP contribution is -2.21. The lowest BCUT2D eigenvalue weighted by molar-refractivity contribution is -0.138. The van der Waals surface area contributed by atoms with Gasteiger partial charge in [0.15, 0.2) is 0 Å². The molecule has 0 radical (unpaired) electrons. The molecule has 0 aliphatic heterocycles. The molecule has 1 aliphatic carbocycles. The first-order valence-electron chi connectivity index (χ1n) is 11.3. The highest BCUT2D eigenvalue weighted by molar-refractivity contribution is 7.95. The molecule has 156 valence electrons. The molecule has 2 aromatic rings. The monoisotopic (exact) mass is 410 g/mol. The fraction of sp³-hybridized carbons (Fsp3) is 0.500. The van der Waals surface area contributed by atoms with Crippen molar-refractivity contribution in [1.82, 2.24) is 0 Å². The highest BCUT2D eigenvalue weighted by Gasteiger charge is 2.28. The molecule has 3 heteroatoms. The number of carbonyl (C=O) groups is 1. The topological polar surface area (TPSA) is 26.3 Å². The van der Waals surface area contributed by atoms with Gasteiger partial charge in [0, 0.05) is 4.90 Å². The molecule has 1 saturated carbocycles. The molecule has 3 rings (SSSR count). The predicted molar refractivity (Wildman–Crippen MR) is 122 cm³/mol. The van der Waals surface area contributed by atoms with Crippen molar-refractivity contribution in [2.75, 3.05) is 0 Å². The van der Waals surface area contributed by atoms with E-state index >= 15 is 0 Å². The number of hydrogen-bond acceptors (Lipinski definition) is 3. The summed E-state index contributed by atoms with van der Waals surface area (Å²) in [6.07, 6.45) is 11.9. The number of aryl methyl sites for hydroxylation is 1. The van der Waals surface area contributed by atoms with Crippen LogP contribution in [0.1, 0.15) is 81.8 Å². The third-order valence-electron chi connectivity index (χ3n) is 6.04. The van der Waals surface area contributed by atoms with Gasteiger partial charge in [0.2, 0.25) is 0 Å². The van der Waals surface area contributed by atoms with Crippen molar-refractivity contribution in [1.29, 1.82) is 0 Å². The molecule has 0 amide bonds. The van der Waals surface area contributed by atoms with Crippen molar-refractivity contribution in [3.8, 4) is 0 Å². The maximum Gasteiger partial charge on any atom is 0.321 e. The Labute approximate surface area is 180 Å². The van der Waals surface area contributed by atoms with E-state index in [-0.39, 0.29) is 11.9 Å². The fourth-order valence-electron chi connectivity index (χ4n) is 4.18. The van der Waals surface area contributed by atoms with E-state index in [1.54, 1.807) is 0 Å². The summed E-state index contributed by atoms with van der Waals surface area (Å²) in [5, 5.41) is 0. The molecule has 1 fully saturated rings. The van der Waals surface area contributed by atoms with E-state index in [0.717, 1.165) is 30.6 Å². The van der Waals surface area contributed by atoms with Crippen LogP contribution < -0.4 is 0 Å². The van der Waals surface area contributed by atoms with Gasteiger partial charge in [-0.15, -0.1) is 0 Å². The van der Waals surface area contributed by atoms with Crippen LogP contribution >= 0.6 is 12.0 Å². The first-order chi connectivity index (χ1) is 14.3. The van der Waals surface area contributed by atoms with E-state index < -0.39 is 0 Å². The van der Waals surface area contributed by atoms with Crippen molar-refractivity contribution in [2.45, 2.75) is 81.9 Å². The number of unbranched alkanes of at least 4 members (excludes halogenated alkanes) is 4. The lowest BCUT2D eigenvalue weighted by atomic mass is 9.78. The number of benzene rings is 2. The van der Waals surface area contributed by atoms with Gasteiger partial charge in [-0.25, -0.2) is 0 Å². The summed E-state index contributed by atoms with van der Waals surface area (Å²) in [5.41, 5.74) is 2.89. The molecule has 2 nitrogen and oxygen atoms in total. The van der Waals surface area contributed by atoms with E-state index in [4.69, 9.17) is 4.18 Å². The standard InChI is InChI=1S/C26H34O2S/c1-2-3-4-5-7-10-21-13-15-22(16-14-21)23-17-19-24(20-18-23)26(27)28-29-25-11-8-6-9-12-25/h6,8-9,11-16,23-24H,2-5,7,10,17-20H2,1H3. The average molecular weight is 411 g/mol. The summed E-state index contributed by atoms with van der Waals surface area (Å²) in [7, 11) is 0. The Morgan fingerprint density at radius 3 is 2.28 bits per heavy atom. The first-order valence-corrected chi connectivity index (χ1v) is 12.0. The molecule has 1 aliphatic rings. The summed E-state index contributed by atoms with van der Waals surface area (Å²) in [6.45, 7) is 2.26. The maximum absolute atomic E-state index is 12.4. The van der Waals surface area contributed by atoms with Crippen molar-refractivity contribution in [3.63, 3.8) is 0 Å². The minimum Gasteiger partial charge on any atom is -0.386 e. The van der Waals surface area contributed by atoms with E-state index in [0.29, 0.717) is 5.92 Å². The van der Waals surface area contributed by atoms with Crippen molar-refractivity contribution in [2.24, 2.45) is 5.92 Å². The largest absolute Gasteiger partial charge is 0.386 e. The summed E-state index contributed by atoms with van der Waals surface area (Å²) in [4.78, 5) is 13.4. The minimum absolute atomic E-state index is 0.0462. The van der Waals surface area contributed by atoms with Gasteiger partial charge in [-0.2, -0.15) is 0 Å². The Morgan fingerprint density at radius 1 is 0.897 bits per heavy atom. The smallest absolute Gasteiger partial charge is 0.321 e.